The first-order chi connectivity index (χ1) is 7.15. The van der Waals surface area contributed by atoms with E-state index >= 15 is 0 Å². The van der Waals surface area contributed by atoms with Crippen LogP contribution in [0.2, 0.25) is 0 Å². The minimum Gasteiger partial charge on any atom is -0.508 e. The van der Waals surface area contributed by atoms with Crippen LogP contribution in [0.3, 0.4) is 0 Å². The Morgan fingerprint density at radius 3 is 2.40 bits per heavy atom. The smallest absolute Gasteiger partial charge is 0.251 e. The largest absolute Gasteiger partial charge is 0.508 e. The van der Waals surface area contributed by atoms with Gasteiger partial charge in [0.15, 0.2) is 0 Å². The number of hydrogen-bond acceptors (Lipinski definition) is 3. The van der Waals surface area contributed by atoms with Gasteiger partial charge in [0.05, 0.1) is 12.1 Å². The van der Waals surface area contributed by atoms with Gasteiger partial charge in [-0.05, 0) is 37.1 Å². The number of aliphatic hydroxyl groups excluding tert-OH is 1. The van der Waals surface area contributed by atoms with Crippen molar-refractivity contribution in [2.45, 2.75) is 18.4 Å². The molecule has 1 aromatic carbocycles. The summed E-state index contributed by atoms with van der Waals surface area (Å²) in [5.74, 6) is -0.0728. The molecule has 1 saturated carbocycles. The molecule has 0 atom stereocenters. The molecule has 0 aromatic heterocycles. The van der Waals surface area contributed by atoms with E-state index < -0.39 is 5.54 Å². The number of amides is 1. The van der Waals surface area contributed by atoms with Gasteiger partial charge in [0.2, 0.25) is 0 Å². The number of phenolic OH excluding ortho intramolecular Hbond substituents is 1. The van der Waals surface area contributed by atoms with Gasteiger partial charge in [-0.2, -0.15) is 0 Å². The van der Waals surface area contributed by atoms with Crippen molar-refractivity contribution in [1.82, 2.24) is 5.32 Å². The van der Waals surface area contributed by atoms with E-state index in [0.717, 1.165) is 12.8 Å². The zero-order chi connectivity index (χ0) is 10.9. The molecule has 4 heteroatoms. The van der Waals surface area contributed by atoms with E-state index in [1.807, 2.05) is 0 Å². The van der Waals surface area contributed by atoms with Crippen LogP contribution in [-0.4, -0.2) is 28.3 Å². The van der Waals surface area contributed by atoms with Crippen LogP contribution >= 0.6 is 0 Å². The Bertz CT molecular complexity index is 368. The first-order valence-corrected chi connectivity index (χ1v) is 4.88. The molecule has 1 aliphatic carbocycles. The SMILES string of the molecule is O=C(NC1(CO)CC1)c1ccc(O)cc1. The maximum Gasteiger partial charge on any atom is 0.251 e. The molecule has 1 amide bonds. The van der Waals surface area contributed by atoms with Crippen LogP contribution in [0.15, 0.2) is 24.3 Å². The lowest BCUT2D eigenvalue weighted by molar-refractivity contribution is 0.0907. The molecule has 3 N–H and O–H groups in total. The van der Waals surface area contributed by atoms with Crippen molar-refractivity contribution >= 4 is 5.91 Å². The average Bonchev–Trinajstić information content (AvgIpc) is 2.99. The van der Waals surface area contributed by atoms with Gasteiger partial charge in [-0.1, -0.05) is 0 Å². The van der Waals surface area contributed by atoms with Crippen molar-refractivity contribution in [2.75, 3.05) is 6.61 Å². The number of hydrogen-bond donors (Lipinski definition) is 3. The molecule has 0 unspecified atom stereocenters. The van der Waals surface area contributed by atoms with Crippen LogP contribution in [0, 0.1) is 0 Å². The molecule has 80 valence electrons. The van der Waals surface area contributed by atoms with E-state index in [1.54, 1.807) is 12.1 Å². The Kier molecular flexibility index (Phi) is 2.36. The maximum atomic E-state index is 11.7. The Hall–Kier alpha value is -1.55. The van der Waals surface area contributed by atoms with Gasteiger partial charge in [-0.3, -0.25) is 4.79 Å². The monoisotopic (exact) mass is 207 g/mol. The highest BCUT2D eigenvalue weighted by Crippen LogP contribution is 2.34. The number of aromatic hydroxyl groups is 1. The molecule has 0 spiro atoms. The summed E-state index contributed by atoms with van der Waals surface area (Å²) in [5.41, 5.74) is 0.0992. The molecule has 1 aromatic rings. The second-order valence-electron chi connectivity index (χ2n) is 3.94. The number of carbonyl (C=O) groups is 1. The second kappa shape index (κ2) is 3.55. The Labute approximate surface area is 87.6 Å². The summed E-state index contributed by atoms with van der Waals surface area (Å²) in [5, 5.41) is 20.9. The van der Waals surface area contributed by atoms with E-state index in [9.17, 15) is 4.79 Å². The third-order valence-electron chi connectivity index (χ3n) is 2.66. The minimum absolute atomic E-state index is 0.0170. The number of rotatable bonds is 3. The summed E-state index contributed by atoms with van der Waals surface area (Å²) in [7, 11) is 0. The summed E-state index contributed by atoms with van der Waals surface area (Å²) < 4.78 is 0. The molecule has 2 rings (SSSR count). The fraction of sp³-hybridized carbons (Fsp3) is 0.364. The predicted octanol–water partition coefficient (Wildman–Crippen LogP) is 0.647. The van der Waals surface area contributed by atoms with Crippen LogP contribution in [0.25, 0.3) is 0 Å². The van der Waals surface area contributed by atoms with Crippen LogP contribution in [-0.2, 0) is 0 Å². The average molecular weight is 207 g/mol. The highest BCUT2D eigenvalue weighted by molar-refractivity contribution is 5.95. The maximum absolute atomic E-state index is 11.7. The topological polar surface area (TPSA) is 69.6 Å². The molecule has 0 radical (unpaired) electrons. The van der Waals surface area contributed by atoms with Gasteiger partial charge in [0.1, 0.15) is 5.75 Å². The molecular weight excluding hydrogens is 194 g/mol. The summed E-state index contributed by atoms with van der Waals surface area (Å²) in [6.45, 7) is -0.0170. The Balaban J connectivity index is 2.05. The zero-order valence-electron chi connectivity index (χ0n) is 8.23. The van der Waals surface area contributed by atoms with E-state index in [-0.39, 0.29) is 18.3 Å². The quantitative estimate of drug-likeness (QED) is 0.681. The highest BCUT2D eigenvalue weighted by atomic mass is 16.3. The molecule has 4 nitrogen and oxygen atoms in total. The summed E-state index contributed by atoms with van der Waals surface area (Å²) in [4.78, 5) is 11.7. The molecule has 15 heavy (non-hydrogen) atoms. The van der Waals surface area contributed by atoms with E-state index in [0.29, 0.717) is 5.56 Å². The molecule has 0 bridgehead atoms. The van der Waals surface area contributed by atoms with Crippen LogP contribution in [0.5, 0.6) is 5.75 Å². The summed E-state index contributed by atoms with van der Waals surface area (Å²) in [6.07, 6.45) is 1.65. The molecule has 1 fully saturated rings. The normalized spacial score (nSPS) is 17.1. The van der Waals surface area contributed by atoms with Crippen LogP contribution in [0.1, 0.15) is 23.2 Å². The Morgan fingerprint density at radius 1 is 1.33 bits per heavy atom. The number of nitrogens with one attached hydrogen (secondary N) is 1. The van der Waals surface area contributed by atoms with Crippen molar-refractivity contribution in [1.29, 1.82) is 0 Å². The second-order valence-corrected chi connectivity index (χ2v) is 3.94. The van der Waals surface area contributed by atoms with Crippen LogP contribution < -0.4 is 5.32 Å². The third-order valence-corrected chi connectivity index (χ3v) is 2.66. The molecule has 0 heterocycles. The van der Waals surface area contributed by atoms with Gasteiger partial charge in [-0.25, -0.2) is 0 Å². The minimum atomic E-state index is -0.394. The van der Waals surface area contributed by atoms with Crippen molar-refractivity contribution in [3.63, 3.8) is 0 Å². The van der Waals surface area contributed by atoms with Crippen molar-refractivity contribution < 1.29 is 15.0 Å². The predicted molar refractivity (Wildman–Crippen MR) is 54.6 cm³/mol. The van der Waals surface area contributed by atoms with Crippen molar-refractivity contribution in [3.8, 4) is 5.75 Å². The highest BCUT2D eigenvalue weighted by Gasteiger charge is 2.43. The van der Waals surface area contributed by atoms with Gasteiger partial charge >= 0.3 is 0 Å². The van der Waals surface area contributed by atoms with Gasteiger partial charge in [-0.15, -0.1) is 0 Å². The third kappa shape index (κ3) is 2.10. The first kappa shape index (κ1) is 9.98. The number of aliphatic hydroxyl groups is 1. The standard InChI is InChI=1S/C11H13NO3/c13-7-11(5-6-11)12-10(15)8-1-3-9(14)4-2-8/h1-4,13-14H,5-7H2,(H,12,15). The fourth-order valence-electron chi connectivity index (χ4n) is 1.40. The lowest BCUT2D eigenvalue weighted by atomic mass is 10.2. The lowest BCUT2D eigenvalue weighted by Crippen LogP contribution is -2.39. The number of phenols is 1. The van der Waals surface area contributed by atoms with Crippen LogP contribution in [0.4, 0.5) is 0 Å². The number of benzene rings is 1. The molecular formula is C11H13NO3. The van der Waals surface area contributed by atoms with E-state index in [4.69, 9.17) is 10.2 Å². The summed E-state index contributed by atoms with van der Waals surface area (Å²) in [6, 6.07) is 6.04. The van der Waals surface area contributed by atoms with Gasteiger partial charge < -0.3 is 15.5 Å². The number of carbonyl (C=O) groups excluding carboxylic acids is 1. The van der Waals surface area contributed by atoms with Crippen molar-refractivity contribution in [2.24, 2.45) is 0 Å². The molecule has 0 aliphatic heterocycles. The molecule has 1 aliphatic rings. The summed E-state index contributed by atoms with van der Waals surface area (Å²) >= 11 is 0. The van der Waals surface area contributed by atoms with E-state index in [1.165, 1.54) is 12.1 Å². The van der Waals surface area contributed by atoms with E-state index in [2.05, 4.69) is 5.32 Å². The zero-order valence-corrected chi connectivity index (χ0v) is 8.23. The van der Waals surface area contributed by atoms with Crippen molar-refractivity contribution in [3.05, 3.63) is 29.8 Å². The van der Waals surface area contributed by atoms with Gasteiger partial charge in [0, 0.05) is 5.56 Å². The lowest BCUT2D eigenvalue weighted by Gasteiger charge is -2.13. The fourth-order valence-corrected chi connectivity index (χ4v) is 1.40. The molecule has 0 saturated heterocycles. The van der Waals surface area contributed by atoms with Gasteiger partial charge in [0.25, 0.3) is 5.91 Å². The first-order valence-electron chi connectivity index (χ1n) is 4.88. The Morgan fingerprint density at radius 2 is 1.93 bits per heavy atom.